The van der Waals surface area contributed by atoms with Crippen molar-refractivity contribution in [2.75, 3.05) is 6.61 Å². The first-order valence-electron chi connectivity index (χ1n) is 38.9. The van der Waals surface area contributed by atoms with Gasteiger partial charge < -0.3 is 15.5 Å². The molecular formula is C80H153NO3. The van der Waals surface area contributed by atoms with E-state index in [1.165, 1.54) is 379 Å². The predicted octanol–water partition coefficient (Wildman–Crippen LogP) is 26.8. The van der Waals surface area contributed by atoms with Gasteiger partial charge in [-0.25, -0.2) is 0 Å². The van der Waals surface area contributed by atoms with Crippen LogP contribution < -0.4 is 5.32 Å². The number of aliphatic hydroxyl groups excluding tert-OH is 2. The van der Waals surface area contributed by atoms with Gasteiger partial charge in [0.05, 0.1) is 18.8 Å². The maximum absolute atomic E-state index is 12.6. The van der Waals surface area contributed by atoms with Crippen molar-refractivity contribution in [3.8, 4) is 0 Å². The number of hydrogen-bond acceptors (Lipinski definition) is 3. The highest BCUT2D eigenvalue weighted by molar-refractivity contribution is 5.76. The van der Waals surface area contributed by atoms with Crippen LogP contribution in [0, 0.1) is 0 Å². The smallest absolute Gasteiger partial charge is 0.220 e. The molecule has 84 heavy (non-hydrogen) atoms. The number of allylic oxidation sites excluding steroid dienone is 7. The minimum absolute atomic E-state index is 0.0693. The van der Waals surface area contributed by atoms with Crippen LogP contribution in [0.25, 0.3) is 0 Å². The number of hydrogen-bond donors (Lipinski definition) is 3. The van der Waals surface area contributed by atoms with Crippen LogP contribution in [-0.4, -0.2) is 34.9 Å². The summed E-state index contributed by atoms with van der Waals surface area (Å²) in [6.07, 6.45) is 107. The summed E-state index contributed by atoms with van der Waals surface area (Å²) in [4.78, 5) is 12.6. The van der Waals surface area contributed by atoms with Crippen molar-refractivity contribution in [3.63, 3.8) is 0 Å². The average Bonchev–Trinajstić information content (AvgIpc) is 3.51. The fourth-order valence-corrected chi connectivity index (χ4v) is 12.4. The lowest BCUT2D eigenvalue weighted by Gasteiger charge is -2.19. The molecule has 4 nitrogen and oxygen atoms in total. The van der Waals surface area contributed by atoms with Crippen molar-refractivity contribution in [2.45, 2.75) is 450 Å². The Morgan fingerprint density at radius 1 is 0.274 bits per heavy atom. The second kappa shape index (κ2) is 75.6. The highest BCUT2D eigenvalue weighted by atomic mass is 16.3. The van der Waals surface area contributed by atoms with E-state index in [0.717, 1.165) is 38.5 Å². The molecular weight excluding hydrogens is 1020 g/mol. The zero-order valence-electron chi connectivity index (χ0n) is 57.5. The summed E-state index contributed by atoms with van der Waals surface area (Å²) in [5, 5.41) is 23.3. The Bertz CT molecular complexity index is 1340. The molecule has 0 spiro atoms. The molecule has 496 valence electrons. The Morgan fingerprint density at radius 2 is 0.464 bits per heavy atom. The van der Waals surface area contributed by atoms with Gasteiger partial charge >= 0.3 is 0 Å². The van der Waals surface area contributed by atoms with E-state index in [4.69, 9.17) is 0 Å². The highest BCUT2D eigenvalue weighted by Crippen LogP contribution is 2.20. The molecule has 2 atom stereocenters. The molecule has 0 aliphatic rings. The molecule has 3 N–H and O–H groups in total. The van der Waals surface area contributed by atoms with Crippen LogP contribution in [-0.2, 0) is 4.79 Å². The Morgan fingerprint density at radius 3 is 0.690 bits per heavy atom. The number of nitrogens with one attached hydrogen (secondary N) is 1. The van der Waals surface area contributed by atoms with Gasteiger partial charge in [-0.15, -0.1) is 0 Å². The number of unbranched alkanes of at least 4 members (excludes halogenated alkanes) is 60. The highest BCUT2D eigenvalue weighted by Gasteiger charge is 2.18. The molecule has 4 heteroatoms. The third kappa shape index (κ3) is 71.1. The van der Waals surface area contributed by atoms with Gasteiger partial charge in [0.1, 0.15) is 0 Å². The molecule has 0 aliphatic heterocycles. The Hall–Kier alpha value is -1.65. The SMILES string of the molecule is CCCCCCCCCC/C=C\CCCCCCCCCCCCCCCCCCCCCCCCCCCCCC(=O)NC(CO)C(O)/C=C/CC/C=C/CC/C=C/CCCCCCCCCCCCCCCCCCCCCCCCC. The fourth-order valence-electron chi connectivity index (χ4n) is 12.4. The van der Waals surface area contributed by atoms with Gasteiger partial charge in [0.15, 0.2) is 0 Å². The van der Waals surface area contributed by atoms with Gasteiger partial charge in [0, 0.05) is 6.42 Å². The van der Waals surface area contributed by atoms with Crippen molar-refractivity contribution >= 4 is 5.91 Å². The number of rotatable bonds is 73. The second-order valence-corrected chi connectivity index (χ2v) is 26.8. The Balaban J connectivity index is 3.43. The van der Waals surface area contributed by atoms with E-state index in [1.54, 1.807) is 6.08 Å². The van der Waals surface area contributed by atoms with E-state index in [-0.39, 0.29) is 12.5 Å². The summed E-state index contributed by atoms with van der Waals surface area (Å²) in [6.45, 7) is 4.34. The summed E-state index contributed by atoms with van der Waals surface area (Å²) in [5.41, 5.74) is 0. The van der Waals surface area contributed by atoms with E-state index < -0.39 is 12.1 Å². The molecule has 0 rings (SSSR count). The van der Waals surface area contributed by atoms with E-state index in [2.05, 4.69) is 55.6 Å². The zero-order chi connectivity index (χ0) is 60.5. The first-order valence-corrected chi connectivity index (χ1v) is 38.9. The molecule has 0 radical (unpaired) electrons. The van der Waals surface area contributed by atoms with Crippen LogP contribution in [0.15, 0.2) is 48.6 Å². The molecule has 0 aromatic heterocycles. The summed E-state index contributed by atoms with van der Waals surface area (Å²) < 4.78 is 0. The molecule has 0 aromatic rings. The monoisotopic (exact) mass is 1180 g/mol. The van der Waals surface area contributed by atoms with Crippen LogP contribution in [0.1, 0.15) is 438 Å². The van der Waals surface area contributed by atoms with Crippen molar-refractivity contribution < 1.29 is 15.0 Å². The molecule has 0 fully saturated rings. The standard InChI is InChI=1S/C80H153NO3/c1-3-5-7-9-11-13-15-17-19-21-23-25-27-29-31-33-35-37-38-39-40-41-42-44-46-48-50-52-54-56-58-60-62-64-66-68-70-72-74-76-80(84)81-78(77-82)79(83)75-73-71-69-67-65-63-61-59-57-55-53-51-49-47-45-43-36-34-32-30-28-26-24-22-20-18-16-14-12-10-8-6-4-2/h21,23,57,59,65,67,73,75,78-79,82-83H,3-20,22,24-56,58,60-64,66,68-72,74,76-77H2,1-2H3,(H,81,84)/b23-21-,59-57+,67-65+,75-73+. The van der Waals surface area contributed by atoms with Gasteiger partial charge in [0.2, 0.25) is 5.91 Å². The molecule has 1 amide bonds. The largest absolute Gasteiger partial charge is 0.394 e. The summed E-state index contributed by atoms with van der Waals surface area (Å²) in [5.74, 6) is -0.0693. The predicted molar refractivity (Wildman–Crippen MR) is 378 cm³/mol. The van der Waals surface area contributed by atoms with E-state index >= 15 is 0 Å². The molecule has 0 aliphatic carbocycles. The molecule has 0 aromatic carbocycles. The minimum Gasteiger partial charge on any atom is -0.394 e. The molecule has 0 saturated heterocycles. The van der Waals surface area contributed by atoms with Crippen LogP contribution in [0.3, 0.4) is 0 Å². The maximum atomic E-state index is 12.6. The van der Waals surface area contributed by atoms with Gasteiger partial charge in [-0.05, 0) is 70.6 Å². The Kier molecular flexibility index (Phi) is 74.1. The topological polar surface area (TPSA) is 69.6 Å². The average molecular weight is 1180 g/mol. The molecule has 2 unspecified atom stereocenters. The number of carbonyl (C=O) groups is 1. The summed E-state index contributed by atoms with van der Waals surface area (Å²) in [6, 6.07) is -0.647. The van der Waals surface area contributed by atoms with Crippen LogP contribution >= 0.6 is 0 Å². The first-order chi connectivity index (χ1) is 41.7. The zero-order valence-corrected chi connectivity index (χ0v) is 57.5. The fraction of sp³-hybridized carbons (Fsp3) is 0.887. The van der Waals surface area contributed by atoms with E-state index in [1.807, 2.05) is 6.08 Å². The summed E-state index contributed by atoms with van der Waals surface area (Å²) in [7, 11) is 0. The van der Waals surface area contributed by atoms with E-state index in [9.17, 15) is 15.0 Å². The van der Waals surface area contributed by atoms with Gasteiger partial charge in [-0.2, -0.15) is 0 Å². The lowest BCUT2D eigenvalue weighted by atomic mass is 10.0. The molecule has 0 saturated carbocycles. The van der Waals surface area contributed by atoms with Crippen LogP contribution in [0.5, 0.6) is 0 Å². The minimum atomic E-state index is -0.872. The number of aliphatic hydroxyl groups is 2. The molecule has 0 bridgehead atoms. The van der Waals surface area contributed by atoms with Crippen molar-refractivity contribution in [1.29, 1.82) is 0 Å². The number of amides is 1. The molecule has 0 heterocycles. The second-order valence-electron chi connectivity index (χ2n) is 26.8. The normalized spacial score (nSPS) is 12.9. The third-order valence-corrected chi connectivity index (χ3v) is 18.3. The lowest BCUT2D eigenvalue weighted by Crippen LogP contribution is -2.45. The van der Waals surface area contributed by atoms with Crippen molar-refractivity contribution in [1.82, 2.24) is 5.32 Å². The lowest BCUT2D eigenvalue weighted by molar-refractivity contribution is -0.123. The quantitative estimate of drug-likeness (QED) is 0.0420. The van der Waals surface area contributed by atoms with Crippen molar-refractivity contribution in [2.24, 2.45) is 0 Å². The van der Waals surface area contributed by atoms with Crippen LogP contribution in [0.2, 0.25) is 0 Å². The van der Waals surface area contributed by atoms with Crippen molar-refractivity contribution in [3.05, 3.63) is 48.6 Å². The van der Waals surface area contributed by atoms with E-state index in [0.29, 0.717) is 6.42 Å². The van der Waals surface area contributed by atoms with Crippen LogP contribution in [0.4, 0.5) is 0 Å². The first kappa shape index (κ1) is 82.3. The van der Waals surface area contributed by atoms with Gasteiger partial charge in [-0.1, -0.05) is 409 Å². The third-order valence-electron chi connectivity index (χ3n) is 18.3. The summed E-state index contributed by atoms with van der Waals surface area (Å²) >= 11 is 0. The maximum Gasteiger partial charge on any atom is 0.220 e. The Labute approximate surface area is 528 Å². The number of carbonyl (C=O) groups excluding carboxylic acids is 1. The van der Waals surface area contributed by atoms with Gasteiger partial charge in [-0.3, -0.25) is 4.79 Å². The van der Waals surface area contributed by atoms with Gasteiger partial charge in [0.25, 0.3) is 0 Å².